The molecule has 0 atom stereocenters. The van der Waals surface area contributed by atoms with E-state index >= 15 is 0 Å². The van der Waals surface area contributed by atoms with Crippen LogP contribution >= 0.6 is 11.3 Å². The van der Waals surface area contributed by atoms with Gasteiger partial charge in [0.25, 0.3) is 5.91 Å². The van der Waals surface area contributed by atoms with E-state index in [1.165, 1.54) is 11.3 Å². The maximum Gasteiger partial charge on any atom is 0.321 e. The summed E-state index contributed by atoms with van der Waals surface area (Å²) in [5.74, 6) is 1.95. The Morgan fingerprint density at radius 1 is 1.16 bits per heavy atom. The summed E-state index contributed by atoms with van der Waals surface area (Å²) in [7, 11) is 0. The first-order valence-electron chi connectivity index (χ1n) is 10.0. The van der Waals surface area contributed by atoms with E-state index in [2.05, 4.69) is 10.3 Å². The molecule has 2 aromatic heterocycles. The number of aryl methyl sites for hydroxylation is 2. The van der Waals surface area contributed by atoms with Crippen molar-refractivity contribution in [1.29, 1.82) is 0 Å². The molecule has 9 heteroatoms. The van der Waals surface area contributed by atoms with Crippen molar-refractivity contribution in [2.45, 2.75) is 20.5 Å². The second-order valence-electron chi connectivity index (χ2n) is 7.33. The largest absolute Gasteiger partial charge is 0.487 e. The number of rotatable bonds is 5. The molecular weight excluding hydrogens is 416 g/mol. The number of urea groups is 1. The van der Waals surface area contributed by atoms with Gasteiger partial charge < -0.3 is 24.3 Å². The first-order chi connectivity index (χ1) is 15.0. The van der Waals surface area contributed by atoms with E-state index < -0.39 is 0 Å². The summed E-state index contributed by atoms with van der Waals surface area (Å²) < 4.78 is 11.2. The molecule has 0 saturated carbocycles. The lowest BCUT2D eigenvalue weighted by molar-refractivity contribution is 0.0670. The van der Waals surface area contributed by atoms with Crippen molar-refractivity contribution in [1.82, 2.24) is 14.8 Å². The van der Waals surface area contributed by atoms with E-state index in [4.69, 9.17) is 9.15 Å². The van der Waals surface area contributed by atoms with E-state index in [1.54, 1.807) is 34.4 Å². The molecular formula is C22H24N4O4S. The van der Waals surface area contributed by atoms with Crippen LogP contribution in [0.4, 0.5) is 10.5 Å². The molecule has 1 fully saturated rings. The summed E-state index contributed by atoms with van der Waals surface area (Å²) in [5, 5.41) is 4.84. The molecule has 4 rings (SSSR count). The SMILES string of the molecule is Cc1cc(C(=O)N2CCN(C(=O)Nc3cccc(OCc4cscn4)c3)CC2)c(C)o1. The number of anilines is 1. The maximum absolute atomic E-state index is 12.7. The molecule has 3 aromatic rings. The second kappa shape index (κ2) is 9.22. The van der Waals surface area contributed by atoms with Crippen LogP contribution in [0.2, 0.25) is 0 Å². The van der Waals surface area contributed by atoms with Crippen LogP contribution in [0.5, 0.6) is 5.75 Å². The monoisotopic (exact) mass is 440 g/mol. The molecule has 31 heavy (non-hydrogen) atoms. The van der Waals surface area contributed by atoms with Crippen molar-refractivity contribution in [2.75, 3.05) is 31.5 Å². The third-order valence-electron chi connectivity index (χ3n) is 5.08. The molecule has 1 saturated heterocycles. The van der Waals surface area contributed by atoms with E-state index in [0.29, 0.717) is 55.5 Å². The number of furan rings is 1. The average molecular weight is 441 g/mol. The first-order valence-corrected chi connectivity index (χ1v) is 11.0. The molecule has 3 amide bonds. The number of thiazole rings is 1. The smallest absolute Gasteiger partial charge is 0.321 e. The first kappa shape index (κ1) is 20.9. The van der Waals surface area contributed by atoms with Gasteiger partial charge in [0.05, 0.1) is 16.8 Å². The van der Waals surface area contributed by atoms with Crippen molar-refractivity contribution in [2.24, 2.45) is 0 Å². The summed E-state index contributed by atoms with van der Waals surface area (Å²) in [6.07, 6.45) is 0. The van der Waals surface area contributed by atoms with Gasteiger partial charge in [-0.25, -0.2) is 9.78 Å². The van der Waals surface area contributed by atoms with Gasteiger partial charge >= 0.3 is 6.03 Å². The number of piperazine rings is 1. The van der Waals surface area contributed by atoms with Crippen molar-refractivity contribution in [3.05, 3.63) is 64.0 Å². The Hall–Kier alpha value is -3.33. The van der Waals surface area contributed by atoms with E-state index in [9.17, 15) is 9.59 Å². The summed E-state index contributed by atoms with van der Waals surface area (Å²) in [6, 6.07) is 8.84. The van der Waals surface area contributed by atoms with Crippen molar-refractivity contribution < 1.29 is 18.7 Å². The number of nitrogens with zero attached hydrogens (tertiary/aromatic N) is 3. The predicted octanol–water partition coefficient (Wildman–Crippen LogP) is 3.92. The zero-order valence-electron chi connectivity index (χ0n) is 17.5. The fourth-order valence-electron chi connectivity index (χ4n) is 3.46. The lowest BCUT2D eigenvalue weighted by Crippen LogP contribution is -2.51. The minimum Gasteiger partial charge on any atom is -0.487 e. The highest BCUT2D eigenvalue weighted by Gasteiger charge is 2.26. The highest BCUT2D eigenvalue weighted by molar-refractivity contribution is 7.07. The molecule has 0 radical (unpaired) electrons. The Balaban J connectivity index is 1.29. The standard InChI is InChI=1S/C22H24N4O4S/c1-15-10-20(16(2)30-15)21(27)25-6-8-26(9-7-25)22(28)24-17-4-3-5-19(11-17)29-12-18-13-31-14-23-18/h3-5,10-11,13-14H,6-9,12H2,1-2H3,(H,24,28). The van der Waals surface area contributed by atoms with Crippen LogP contribution in [0.15, 0.2) is 45.6 Å². The number of aromatic nitrogens is 1. The van der Waals surface area contributed by atoms with Gasteiger partial charge in [0.1, 0.15) is 23.9 Å². The lowest BCUT2D eigenvalue weighted by atomic mass is 10.2. The zero-order valence-corrected chi connectivity index (χ0v) is 18.3. The summed E-state index contributed by atoms with van der Waals surface area (Å²) >= 11 is 1.52. The van der Waals surface area contributed by atoms with Gasteiger partial charge in [-0.05, 0) is 32.0 Å². The number of benzene rings is 1. The van der Waals surface area contributed by atoms with Crippen LogP contribution < -0.4 is 10.1 Å². The summed E-state index contributed by atoms with van der Waals surface area (Å²) in [4.78, 5) is 33.0. The molecule has 1 aliphatic heterocycles. The molecule has 0 spiro atoms. The minimum atomic E-state index is -0.195. The number of carbonyl (C=O) groups excluding carboxylic acids is 2. The summed E-state index contributed by atoms with van der Waals surface area (Å²) in [5.41, 5.74) is 3.88. The van der Waals surface area contributed by atoms with Crippen LogP contribution in [-0.4, -0.2) is 52.9 Å². The van der Waals surface area contributed by atoms with Gasteiger partial charge in [-0.2, -0.15) is 0 Å². The molecule has 1 N–H and O–H groups in total. The van der Waals surface area contributed by atoms with Crippen molar-refractivity contribution >= 4 is 29.0 Å². The van der Waals surface area contributed by atoms with Gasteiger partial charge in [0.15, 0.2) is 0 Å². The summed E-state index contributed by atoms with van der Waals surface area (Å²) in [6.45, 7) is 5.89. The van der Waals surface area contributed by atoms with Crippen LogP contribution in [0.25, 0.3) is 0 Å². The fraction of sp³-hybridized carbons (Fsp3) is 0.318. The van der Waals surface area contributed by atoms with Crippen LogP contribution in [0.1, 0.15) is 27.6 Å². The van der Waals surface area contributed by atoms with Crippen LogP contribution in [0.3, 0.4) is 0 Å². The zero-order chi connectivity index (χ0) is 21.8. The van der Waals surface area contributed by atoms with Gasteiger partial charge in [-0.3, -0.25) is 4.79 Å². The van der Waals surface area contributed by atoms with Crippen LogP contribution in [0, 0.1) is 13.8 Å². The van der Waals surface area contributed by atoms with Gasteiger partial charge in [-0.15, -0.1) is 11.3 Å². The fourth-order valence-corrected chi connectivity index (χ4v) is 4.00. The van der Waals surface area contributed by atoms with Crippen LogP contribution in [-0.2, 0) is 6.61 Å². The normalized spacial score (nSPS) is 13.9. The van der Waals surface area contributed by atoms with E-state index in [-0.39, 0.29) is 11.9 Å². The topological polar surface area (TPSA) is 87.9 Å². The Bertz CT molecular complexity index is 1060. The van der Waals surface area contributed by atoms with E-state index in [1.807, 2.05) is 30.5 Å². The number of hydrogen-bond donors (Lipinski definition) is 1. The molecule has 1 aromatic carbocycles. The number of ether oxygens (including phenoxy) is 1. The number of amides is 3. The van der Waals surface area contributed by atoms with Gasteiger partial charge in [0.2, 0.25) is 0 Å². The molecule has 1 aliphatic rings. The highest BCUT2D eigenvalue weighted by atomic mass is 32.1. The quantitative estimate of drug-likeness (QED) is 0.650. The van der Waals surface area contributed by atoms with Crippen molar-refractivity contribution in [3.8, 4) is 5.75 Å². The Morgan fingerprint density at radius 3 is 2.61 bits per heavy atom. The van der Waals surface area contributed by atoms with Gasteiger partial charge in [0, 0.05) is 43.3 Å². The Morgan fingerprint density at radius 2 is 1.94 bits per heavy atom. The average Bonchev–Trinajstić information content (AvgIpc) is 3.41. The third kappa shape index (κ3) is 5.05. The molecule has 0 unspecified atom stereocenters. The number of carbonyl (C=O) groups is 2. The Labute approximate surface area is 184 Å². The van der Waals surface area contributed by atoms with Gasteiger partial charge in [-0.1, -0.05) is 6.07 Å². The third-order valence-corrected chi connectivity index (χ3v) is 5.72. The molecule has 0 bridgehead atoms. The number of nitrogens with one attached hydrogen (secondary N) is 1. The molecule has 0 aliphatic carbocycles. The maximum atomic E-state index is 12.7. The predicted molar refractivity (Wildman–Crippen MR) is 118 cm³/mol. The highest BCUT2D eigenvalue weighted by Crippen LogP contribution is 2.20. The van der Waals surface area contributed by atoms with E-state index in [0.717, 1.165) is 11.5 Å². The van der Waals surface area contributed by atoms with Crippen molar-refractivity contribution in [3.63, 3.8) is 0 Å². The molecule has 3 heterocycles. The minimum absolute atomic E-state index is 0.0561. The molecule has 162 valence electrons. The lowest BCUT2D eigenvalue weighted by Gasteiger charge is -2.34. The second-order valence-corrected chi connectivity index (χ2v) is 8.05. The molecule has 8 nitrogen and oxygen atoms in total. The number of hydrogen-bond acceptors (Lipinski definition) is 6. The Kier molecular flexibility index (Phi) is 6.22.